The van der Waals surface area contributed by atoms with Gasteiger partial charge in [-0.15, -0.1) is 0 Å². The normalized spacial score (nSPS) is 10.7. The summed E-state index contributed by atoms with van der Waals surface area (Å²) in [6.07, 6.45) is 4.73. The zero-order valence-electron chi connectivity index (χ0n) is 16.2. The van der Waals surface area contributed by atoms with E-state index in [1.807, 2.05) is 60.8 Å². The Kier molecular flexibility index (Phi) is 6.42. The number of benzene rings is 2. The number of hydrogen-bond donors (Lipinski definition) is 1. The topological polar surface area (TPSA) is 82.5 Å². The van der Waals surface area contributed by atoms with E-state index in [1.54, 1.807) is 17.9 Å². The Bertz CT molecular complexity index is 1010. The number of ether oxygens (including phenoxy) is 2. The van der Waals surface area contributed by atoms with Gasteiger partial charge in [0.05, 0.1) is 18.5 Å². The van der Waals surface area contributed by atoms with E-state index in [0.717, 1.165) is 22.6 Å². The number of methoxy groups -OCH3 is 1. The lowest BCUT2D eigenvalue weighted by Crippen LogP contribution is -2.24. The molecule has 0 bridgehead atoms. The van der Waals surface area contributed by atoms with Gasteiger partial charge in [0.1, 0.15) is 5.75 Å². The second-order valence-corrected chi connectivity index (χ2v) is 6.06. The number of carbonyl (C=O) groups excluding carboxylic acids is 2. The maximum atomic E-state index is 11.9. The number of hydrogen-bond acceptors (Lipinski definition) is 5. The third-order valence-corrected chi connectivity index (χ3v) is 4.15. The number of likely N-dealkylation sites (N-methyl/N-ethyl adjacent to an activating group) is 1. The van der Waals surface area contributed by atoms with Crippen LogP contribution >= 0.6 is 0 Å². The molecule has 1 amide bonds. The molecule has 1 N–H and O–H groups in total. The summed E-state index contributed by atoms with van der Waals surface area (Å²) in [4.78, 5) is 23.1. The minimum absolute atomic E-state index is 0.325. The van der Waals surface area contributed by atoms with Crippen LogP contribution in [0.3, 0.4) is 0 Å². The van der Waals surface area contributed by atoms with E-state index in [0.29, 0.717) is 5.69 Å². The van der Waals surface area contributed by atoms with Crippen LogP contribution in [0.15, 0.2) is 66.9 Å². The van der Waals surface area contributed by atoms with Gasteiger partial charge in [0, 0.05) is 30.4 Å². The van der Waals surface area contributed by atoms with Crippen molar-refractivity contribution in [2.45, 2.75) is 0 Å². The highest BCUT2D eigenvalue weighted by molar-refractivity contribution is 5.90. The number of esters is 1. The molecule has 0 radical (unpaired) electrons. The Balaban J connectivity index is 1.91. The van der Waals surface area contributed by atoms with Crippen molar-refractivity contribution in [1.29, 1.82) is 0 Å². The van der Waals surface area contributed by atoms with Crippen molar-refractivity contribution < 1.29 is 19.1 Å². The van der Waals surface area contributed by atoms with Gasteiger partial charge in [-0.3, -0.25) is 4.79 Å². The number of aromatic nitrogens is 2. The lowest BCUT2D eigenvalue weighted by Gasteiger charge is -2.03. The third kappa shape index (κ3) is 5.10. The molecule has 1 heterocycles. The fraction of sp³-hybridized carbons (Fsp3) is 0.136. The van der Waals surface area contributed by atoms with Gasteiger partial charge in [-0.2, -0.15) is 5.10 Å². The average Bonchev–Trinajstić information content (AvgIpc) is 3.21. The van der Waals surface area contributed by atoms with E-state index < -0.39 is 5.97 Å². The summed E-state index contributed by atoms with van der Waals surface area (Å²) in [6, 6.07) is 17.2. The minimum Gasteiger partial charge on any atom is -0.497 e. The quantitative estimate of drug-likeness (QED) is 0.495. The summed E-state index contributed by atoms with van der Waals surface area (Å²) in [7, 11) is 3.09. The number of carbonyl (C=O) groups is 2. The SMILES string of the molecule is CNC(=O)COC(=O)/C=C/c1cn(-c2ccccc2)nc1-c1ccc(OC)cc1. The van der Waals surface area contributed by atoms with Gasteiger partial charge in [0.15, 0.2) is 6.61 Å². The zero-order chi connectivity index (χ0) is 20.6. The summed E-state index contributed by atoms with van der Waals surface area (Å²) in [5.74, 6) is -0.240. The summed E-state index contributed by atoms with van der Waals surface area (Å²) >= 11 is 0. The number of nitrogens with one attached hydrogen (secondary N) is 1. The first-order chi connectivity index (χ1) is 14.1. The molecule has 2 aromatic carbocycles. The summed E-state index contributed by atoms with van der Waals surface area (Å²) in [5.41, 5.74) is 3.20. The fourth-order valence-corrected chi connectivity index (χ4v) is 2.61. The van der Waals surface area contributed by atoms with Gasteiger partial charge < -0.3 is 14.8 Å². The second-order valence-electron chi connectivity index (χ2n) is 6.06. The van der Waals surface area contributed by atoms with Crippen molar-refractivity contribution in [3.63, 3.8) is 0 Å². The van der Waals surface area contributed by atoms with Crippen LogP contribution in [0.1, 0.15) is 5.56 Å². The Morgan fingerprint density at radius 2 is 1.83 bits per heavy atom. The van der Waals surface area contributed by atoms with Crippen LogP contribution in [0.4, 0.5) is 0 Å². The monoisotopic (exact) mass is 391 g/mol. The highest BCUT2D eigenvalue weighted by Crippen LogP contribution is 2.26. The second kappa shape index (κ2) is 9.36. The van der Waals surface area contributed by atoms with Gasteiger partial charge in [0.25, 0.3) is 5.91 Å². The molecule has 3 rings (SSSR count). The molecule has 0 aliphatic carbocycles. The van der Waals surface area contributed by atoms with E-state index in [9.17, 15) is 9.59 Å². The highest BCUT2D eigenvalue weighted by atomic mass is 16.5. The van der Waals surface area contributed by atoms with Crippen molar-refractivity contribution in [3.05, 3.63) is 72.4 Å². The Labute approximate surface area is 168 Å². The molecule has 7 heteroatoms. The molecule has 1 aromatic heterocycles. The number of rotatable bonds is 7. The van der Waals surface area contributed by atoms with E-state index >= 15 is 0 Å². The van der Waals surface area contributed by atoms with Crippen molar-refractivity contribution in [1.82, 2.24) is 15.1 Å². The molecule has 29 heavy (non-hydrogen) atoms. The van der Waals surface area contributed by atoms with Crippen LogP contribution in [0.25, 0.3) is 23.0 Å². The molecule has 3 aromatic rings. The van der Waals surface area contributed by atoms with Gasteiger partial charge >= 0.3 is 5.97 Å². The third-order valence-electron chi connectivity index (χ3n) is 4.15. The van der Waals surface area contributed by atoms with Crippen LogP contribution < -0.4 is 10.1 Å². The Morgan fingerprint density at radius 1 is 1.10 bits per heavy atom. The Hall–Kier alpha value is -3.87. The summed E-state index contributed by atoms with van der Waals surface area (Å²) < 4.78 is 11.9. The summed E-state index contributed by atoms with van der Waals surface area (Å²) in [5, 5.41) is 7.07. The summed E-state index contributed by atoms with van der Waals surface area (Å²) in [6.45, 7) is -0.325. The smallest absolute Gasteiger partial charge is 0.331 e. The van der Waals surface area contributed by atoms with E-state index in [4.69, 9.17) is 9.47 Å². The maximum absolute atomic E-state index is 11.9. The number of nitrogens with zero attached hydrogens (tertiary/aromatic N) is 2. The Morgan fingerprint density at radius 3 is 2.48 bits per heavy atom. The standard InChI is InChI=1S/C22H21N3O4/c1-23-20(26)15-29-21(27)13-10-17-14-25(18-6-4-3-5-7-18)24-22(17)16-8-11-19(28-2)12-9-16/h3-14H,15H2,1-2H3,(H,23,26)/b13-10+. The molecule has 0 fully saturated rings. The maximum Gasteiger partial charge on any atom is 0.331 e. The van der Waals surface area contributed by atoms with E-state index in [2.05, 4.69) is 10.4 Å². The lowest BCUT2D eigenvalue weighted by molar-refractivity contribution is -0.143. The van der Waals surface area contributed by atoms with Gasteiger partial charge in [-0.05, 0) is 42.5 Å². The first-order valence-electron chi connectivity index (χ1n) is 8.95. The predicted octanol–water partition coefficient (Wildman–Crippen LogP) is 2.85. The lowest BCUT2D eigenvalue weighted by atomic mass is 10.1. The molecule has 0 aliphatic heterocycles. The predicted molar refractivity (Wildman–Crippen MR) is 110 cm³/mol. The van der Waals surface area contributed by atoms with Crippen molar-refractivity contribution in [2.24, 2.45) is 0 Å². The highest BCUT2D eigenvalue weighted by Gasteiger charge is 2.12. The number of amides is 1. The zero-order valence-corrected chi connectivity index (χ0v) is 16.2. The molecule has 0 saturated carbocycles. The molecule has 0 atom stereocenters. The first-order valence-corrected chi connectivity index (χ1v) is 8.95. The molecular formula is C22H21N3O4. The molecular weight excluding hydrogens is 370 g/mol. The van der Waals surface area contributed by atoms with Gasteiger partial charge in [0.2, 0.25) is 0 Å². The largest absolute Gasteiger partial charge is 0.497 e. The average molecular weight is 391 g/mol. The fourth-order valence-electron chi connectivity index (χ4n) is 2.61. The van der Waals surface area contributed by atoms with Crippen LogP contribution in [0.2, 0.25) is 0 Å². The molecule has 0 unspecified atom stereocenters. The van der Waals surface area contributed by atoms with Crippen molar-refractivity contribution in [2.75, 3.05) is 20.8 Å². The number of para-hydroxylation sites is 1. The van der Waals surface area contributed by atoms with Crippen LogP contribution in [0, 0.1) is 0 Å². The minimum atomic E-state index is -0.609. The van der Waals surface area contributed by atoms with Crippen LogP contribution in [-0.4, -0.2) is 42.4 Å². The molecule has 0 saturated heterocycles. The molecule has 0 spiro atoms. The van der Waals surface area contributed by atoms with E-state index in [1.165, 1.54) is 13.1 Å². The van der Waals surface area contributed by atoms with Crippen molar-refractivity contribution in [3.8, 4) is 22.7 Å². The first kappa shape index (κ1) is 19.9. The van der Waals surface area contributed by atoms with Crippen molar-refractivity contribution >= 4 is 18.0 Å². The van der Waals surface area contributed by atoms with E-state index in [-0.39, 0.29) is 12.5 Å². The molecule has 0 aliphatic rings. The van der Waals surface area contributed by atoms with Crippen LogP contribution in [-0.2, 0) is 14.3 Å². The molecule has 7 nitrogen and oxygen atoms in total. The van der Waals surface area contributed by atoms with Crippen LogP contribution in [0.5, 0.6) is 5.75 Å². The van der Waals surface area contributed by atoms with Gasteiger partial charge in [-0.25, -0.2) is 9.48 Å². The molecule has 148 valence electrons. The van der Waals surface area contributed by atoms with Gasteiger partial charge in [-0.1, -0.05) is 18.2 Å².